The Morgan fingerprint density at radius 2 is 1.97 bits per heavy atom. The first-order valence-corrected chi connectivity index (χ1v) is 10.6. The number of aryl methyl sites for hydroxylation is 1. The van der Waals surface area contributed by atoms with Crippen LogP contribution in [0.4, 0.5) is 0 Å². The van der Waals surface area contributed by atoms with Gasteiger partial charge in [0.2, 0.25) is 5.91 Å². The molecule has 0 N–H and O–H groups in total. The van der Waals surface area contributed by atoms with Crippen molar-refractivity contribution in [2.45, 2.75) is 32.1 Å². The molecular formula is C24H33N3O2. The fraction of sp³-hybridized carbons (Fsp3) is 0.500. The third-order valence-corrected chi connectivity index (χ3v) is 5.91. The summed E-state index contributed by atoms with van der Waals surface area (Å²) in [4.78, 5) is 21.0. The number of amides is 1. The molecule has 29 heavy (non-hydrogen) atoms. The Morgan fingerprint density at radius 1 is 1.17 bits per heavy atom. The summed E-state index contributed by atoms with van der Waals surface area (Å²) >= 11 is 0. The highest BCUT2D eigenvalue weighted by molar-refractivity contribution is 5.76. The van der Waals surface area contributed by atoms with Crippen LogP contribution in [-0.2, 0) is 17.6 Å². The Hall–Kier alpha value is -2.40. The Bertz CT molecular complexity index is 758. The monoisotopic (exact) mass is 395 g/mol. The van der Waals surface area contributed by atoms with Gasteiger partial charge in [0, 0.05) is 39.0 Å². The van der Waals surface area contributed by atoms with E-state index in [4.69, 9.17) is 4.74 Å². The maximum atomic E-state index is 12.5. The minimum atomic E-state index is 0.229. The zero-order chi connectivity index (χ0) is 20.5. The van der Waals surface area contributed by atoms with Crippen LogP contribution in [-0.4, -0.2) is 61.0 Å². The molecule has 5 nitrogen and oxygen atoms in total. The van der Waals surface area contributed by atoms with Gasteiger partial charge < -0.3 is 14.5 Å². The molecule has 1 aliphatic heterocycles. The second-order valence-corrected chi connectivity index (χ2v) is 7.98. The van der Waals surface area contributed by atoms with Crippen molar-refractivity contribution < 1.29 is 9.53 Å². The molecule has 2 heterocycles. The Kier molecular flexibility index (Phi) is 8.05. The molecule has 1 aromatic carbocycles. The number of carbonyl (C=O) groups excluding carboxylic acids is 1. The molecule has 0 radical (unpaired) electrons. The van der Waals surface area contributed by atoms with E-state index in [1.807, 2.05) is 42.4 Å². The molecular weight excluding hydrogens is 362 g/mol. The van der Waals surface area contributed by atoms with Crippen LogP contribution in [0.3, 0.4) is 0 Å². The zero-order valence-corrected chi connectivity index (χ0v) is 17.7. The minimum Gasteiger partial charge on any atom is -0.496 e. The Morgan fingerprint density at radius 3 is 2.69 bits per heavy atom. The molecule has 5 heteroatoms. The van der Waals surface area contributed by atoms with Gasteiger partial charge in [0.15, 0.2) is 0 Å². The SMILES string of the molecule is COc1ccccc1CCN1CCC(CN(C)C(=O)CCc2cccnc2)CC1. The third-order valence-electron chi connectivity index (χ3n) is 5.91. The zero-order valence-electron chi connectivity index (χ0n) is 17.7. The average molecular weight is 396 g/mol. The van der Waals surface area contributed by atoms with Gasteiger partial charge in [0.25, 0.3) is 0 Å². The normalized spacial score (nSPS) is 15.2. The Balaban J connectivity index is 1.36. The summed E-state index contributed by atoms with van der Waals surface area (Å²) in [5.41, 5.74) is 2.40. The molecule has 1 aliphatic rings. The molecule has 3 rings (SSSR count). The molecule has 0 aliphatic carbocycles. The van der Waals surface area contributed by atoms with Crippen LogP contribution in [0.1, 0.15) is 30.4 Å². The summed E-state index contributed by atoms with van der Waals surface area (Å²) in [6, 6.07) is 12.2. The molecule has 1 saturated heterocycles. The fourth-order valence-corrected chi connectivity index (χ4v) is 4.06. The van der Waals surface area contributed by atoms with Crippen molar-refractivity contribution in [2.75, 3.05) is 40.3 Å². The van der Waals surface area contributed by atoms with E-state index in [0.717, 1.165) is 63.2 Å². The van der Waals surface area contributed by atoms with E-state index >= 15 is 0 Å². The lowest BCUT2D eigenvalue weighted by atomic mass is 9.95. The first-order valence-electron chi connectivity index (χ1n) is 10.6. The lowest BCUT2D eigenvalue weighted by Crippen LogP contribution is -2.40. The van der Waals surface area contributed by atoms with Gasteiger partial charge in [-0.1, -0.05) is 24.3 Å². The largest absolute Gasteiger partial charge is 0.496 e. The van der Waals surface area contributed by atoms with E-state index in [1.165, 1.54) is 5.56 Å². The molecule has 0 bridgehead atoms. The third kappa shape index (κ3) is 6.57. The second-order valence-electron chi connectivity index (χ2n) is 7.98. The number of para-hydroxylation sites is 1. The van der Waals surface area contributed by atoms with Crippen LogP contribution in [0.2, 0.25) is 0 Å². The van der Waals surface area contributed by atoms with Crippen LogP contribution in [0, 0.1) is 5.92 Å². The van der Waals surface area contributed by atoms with Gasteiger partial charge in [-0.05, 0) is 68.0 Å². The minimum absolute atomic E-state index is 0.229. The van der Waals surface area contributed by atoms with Gasteiger partial charge in [0.1, 0.15) is 5.75 Å². The second kappa shape index (κ2) is 11.0. The van der Waals surface area contributed by atoms with Crippen molar-refractivity contribution in [3.05, 3.63) is 59.9 Å². The van der Waals surface area contributed by atoms with E-state index in [2.05, 4.69) is 22.0 Å². The summed E-state index contributed by atoms with van der Waals surface area (Å²) in [7, 11) is 3.68. The summed E-state index contributed by atoms with van der Waals surface area (Å²) in [5.74, 6) is 1.81. The predicted molar refractivity (Wildman–Crippen MR) is 116 cm³/mol. The van der Waals surface area contributed by atoms with Gasteiger partial charge in [-0.2, -0.15) is 0 Å². The average Bonchev–Trinajstić information content (AvgIpc) is 2.77. The number of piperidine rings is 1. The molecule has 1 aromatic heterocycles. The smallest absolute Gasteiger partial charge is 0.222 e. The van der Waals surface area contributed by atoms with Gasteiger partial charge in [0.05, 0.1) is 7.11 Å². The van der Waals surface area contributed by atoms with Crippen molar-refractivity contribution in [3.8, 4) is 5.75 Å². The quantitative estimate of drug-likeness (QED) is 0.653. The summed E-state index contributed by atoms with van der Waals surface area (Å²) in [6.45, 7) is 4.15. The summed E-state index contributed by atoms with van der Waals surface area (Å²) in [6.07, 6.45) is 8.26. The molecule has 0 saturated carbocycles. The molecule has 0 spiro atoms. The van der Waals surface area contributed by atoms with E-state index in [-0.39, 0.29) is 5.91 Å². The fourth-order valence-electron chi connectivity index (χ4n) is 4.06. The molecule has 0 unspecified atom stereocenters. The molecule has 1 fully saturated rings. The lowest BCUT2D eigenvalue weighted by Gasteiger charge is -2.34. The van der Waals surface area contributed by atoms with Crippen molar-refractivity contribution in [1.29, 1.82) is 0 Å². The van der Waals surface area contributed by atoms with Crippen molar-refractivity contribution in [1.82, 2.24) is 14.8 Å². The first-order chi connectivity index (χ1) is 14.2. The number of hydrogen-bond acceptors (Lipinski definition) is 4. The van der Waals surface area contributed by atoms with Crippen LogP contribution in [0.5, 0.6) is 5.75 Å². The van der Waals surface area contributed by atoms with Gasteiger partial charge in [-0.25, -0.2) is 0 Å². The highest BCUT2D eigenvalue weighted by atomic mass is 16.5. The number of methoxy groups -OCH3 is 1. The van der Waals surface area contributed by atoms with Gasteiger partial charge in [-0.15, -0.1) is 0 Å². The maximum absolute atomic E-state index is 12.5. The number of rotatable bonds is 9. The lowest BCUT2D eigenvalue weighted by molar-refractivity contribution is -0.130. The van der Waals surface area contributed by atoms with Crippen molar-refractivity contribution in [3.63, 3.8) is 0 Å². The maximum Gasteiger partial charge on any atom is 0.222 e. The molecule has 2 aromatic rings. The van der Waals surface area contributed by atoms with Crippen LogP contribution in [0.15, 0.2) is 48.8 Å². The van der Waals surface area contributed by atoms with Crippen LogP contribution < -0.4 is 4.74 Å². The first kappa shape index (κ1) is 21.3. The topological polar surface area (TPSA) is 45.7 Å². The highest BCUT2D eigenvalue weighted by Crippen LogP contribution is 2.21. The summed E-state index contributed by atoms with van der Waals surface area (Å²) in [5, 5.41) is 0. The van der Waals surface area contributed by atoms with Crippen LogP contribution >= 0.6 is 0 Å². The van der Waals surface area contributed by atoms with Gasteiger partial charge in [-0.3, -0.25) is 9.78 Å². The van der Waals surface area contributed by atoms with E-state index in [0.29, 0.717) is 12.3 Å². The van der Waals surface area contributed by atoms with Crippen LogP contribution in [0.25, 0.3) is 0 Å². The van der Waals surface area contributed by atoms with Crippen molar-refractivity contribution in [2.24, 2.45) is 5.92 Å². The molecule has 0 atom stereocenters. The number of benzene rings is 1. The standard InChI is InChI=1S/C24H33N3O2/c1-26(24(28)10-9-20-6-5-14-25-18-20)19-21-11-15-27(16-12-21)17-13-22-7-3-4-8-23(22)29-2/h3-8,14,18,21H,9-13,15-17,19H2,1-2H3. The number of hydrogen-bond donors (Lipinski definition) is 0. The number of ether oxygens (including phenoxy) is 1. The number of carbonyl (C=O) groups is 1. The van der Waals surface area contributed by atoms with Gasteiger partial charge >= 0.3 is 0 Å². The van der Waals surface area contributed by atoms with E-state index < -0.39 is 0 Å². The number of pyridine rings is 1. The van der Waals surface area contributed by atoms with E-state index in [9.17, 15) is 4.79 Å². The Labute approximate surface area is 174 Å². The number of nitrogens with zero attached hydrogens (tertiary/aromatic N) is 3. The van der Waals surface area contributed by atoms with E-state index in [1.54, 1.807) is 13.3 Å². The molecule has 156 valence electrons. The highest BCUT2D eigenvalue weighted by Gasteiger charge is 2.22. The number of aromatic nitrogens is 1. The number of likely N-dealkylation sites (tertiary alicyclic amines) is 1. The molecule has 1 amide bonds. The van der Waals surface area contributed by atoms with Crippen molar-refractivity contribution >= 4 is 5.91 Å². The predicted octanol–water partition coefficient (Wildman–Crippen LogP) is 3.44. The summed E-state index contributed by atoms with van der Waals surface area (Å²) < 4.78 is 5.46.